The molecule has 192 valence electrons. The molecule has 0 aliphatic rings. The van der Waals surface area contributed by atoms with Crippen molar-refractivity contribution in [1.82, 2.24) is 25.1 Å². The number of aryl methyl sites for hydroxylation is 1. The van der Waals surface area contributed by atoms with Crippen LogP contribution in [-0.2, 0) is 6.61 Å². The van der Waals surface area contributed by atoms with E-state index in [0.717, 1.165) is 6.20 Å². The molecule has 3 aromatic heterocycles. The van der Waals surface area contributed by atoms with Gasteiger partial charge in [-0.05, 0) is 55.8 Å². The predicted octanol–water partition coefficient (Wildman–Crippen LogP) is 6.13. The number of ether oxygens (including phenoxy) is 1. The SMILES string of the molecule is Cc1cc(-n2cc(F)cn2)c2cccc(OCc3c(Cl)cc(F)cc3[C@H](C)NC(=O)c3cccnc3)c2n1. The first kappa shape index (κ1) is 25.3. The minimum absolute atomic E-state index is 0.0119. The second-order valence-electron chi connectivity index (χ2n) is 8.72. The van der Waals surface area contributed by atoms with Gasteiger partial charge < -0.3 is 10.1 Å². The van der Waals surface area contributed by atoms with E-state index >= 15 is 0 Å². The lowest BCUT2D eigenvalue weighted by Gasteiger charge is -2.20. The molecule has 0 spiro atoms. The van der Waals surface area contributed by atoms with Gasteiger partial charge in [-0.15, -0.1) is 0 Å². The minimum Gasteiger partial charge on any atom is -0.487 e. The van der Waals surface area contributed by atoms with Gasteiger partial charge in [0, 0.05) is 29.0 Å². The summed E-state index contributed by atoms with van der Waals surface area (Å²) in [6.07, 6.45) is 5.44. The second kappa shape index (κ2) is 10.5. The number of halogens is 3. The van der Waals surface area contributed by atoms with Crippen LogP contribution in [0.25, 0.3) is 16.6 Å². The highest BCUT2D eigenvalue weighted by Crippen LogP contribution is 2.32. The van der Waals surface area contributed by atoms with Crippen LogP contribution in [0.3, 0.4) is 0 Å². The number of rotatable bonds is 7. The summed E-state index contributed by atoms with van der Waals surface area (Å²) in [6.45, 7) is 3.55. The molecule has 38 heavy (non-hydrogen) atoms. The maximum absolute atomic E-state index is 14.4. The van der Waals surface area contributed by atoms with Crippen molar-refractivity contribution in [2.24, 2.45) is 0 Å². The summed E-state index contributed by atoms with van der Waals surface area (Å²) in [5.41, 5.74) is 3.26. The number of fused-ring (bicyclic) bond motifs is 1. The lowest BCUT2D eigenvalue weighted by Crippen LogP contribution is -2.27. The first-order valence-corrected chi connectivity index (χ1v) is 12.1. The van der Waals surface area contributed by atoms with Crippen molar-refractivity contribution in [2.75, 3.05) is 0 Å². The second-order valence-corrected chi connectivity index (χ2v) is 9.13. The van der Waals surface area contributed by atoms with E-state index in [-0.39, 0.29) is 17.5 Å². The number of amides is 1. The van der Waals surface area contributed by atoms with Crippen molar-refractivity contribution in [3.05, 3.63) is 112 Å². The highest BCUT2D eigenvalue weighted by molar-refractivity contribution is 6.31. The van der Waals surface area contributed by atoms with Gasteiger partial charge in [0.2, 0.25) is 0 Å². The molecule has 5 rings (SSSR count). The Morgan fingerprint density at radius 3 is 2.71 bits per heavy atom. The van der Waals surface area contributed by atoms with E-state index in [0.29, 0.717) is 44.7 Å². The predicted molar refractivity (Wildman–Crippen MR) is 139 cm³/mol. The van der Waals surface area contributed by atoms with Crippen molar-refractivity contribution in [1.29, 1.82) is 0 Å². The zero-order valence-corrected chi connectivity index (χ0v) is 21.2. The van der Waals surface area contributed by atoms with Crippen LogP contribution in [-0.4, -0.2) is 25.7 Å². The van der Waals surface area contributed by atoms with Gasteiger partial charge in [-0.1, -0.05) is 23.7 Å². The molecule has 0 bridgehead atoms. The molecule has 1 atom stereocenters. The lowest BCUT2D eigenvalue weighted by molar-refractivity contribution is 0.0939. The quantitative estimate of drug-likeness (QED) is 0.272. The summed E-state index contributed by atoms with van der Waals surface area (Å²) < 4.78 is 35.6. The minimum atomic E-state index is -0.580. The number of hydrogen-bond acceptors (Lipinski definition) is 5. The topological polar surface area (TPSA) is 81.9 Å². The van der Waals surface area contributed by atoms with Crippen molar-refractivity contribution in [3.8, 4) is 11.4 Å². The van der Waals surface area contributed by atoms with Crippen LogP contribution in [0.2, 0.25) is 5.02 Å². The summed E-state index contributed by atoms with van der Waals surface area (Å²) in [5, 5.41) is 7.81. The Morgan fingerprint density at radius 1 is 1.13 bits per heavy atom. The van der Waals surface area contributed by atoms with Crippen LogP contribution >= 0.6 is 11.6 Å². The van der Waals surface area contributed by atoms with Crippen LogP contribution in [0, 0.1) is 18.6 Å². The molecule has 5 aromatic rings. The fourth-order valence-electron chi connectivity index (χ4n) is 4.23. The fourth-order valence-corrected chi connectivity index (χ4v) is 4.50. The van der Waals surface area contributed by atoms with E-state index in [1.807, 2.05) is 13.0 Å². The Kier molecular flexibility index (Phi) is 7.02. The summed E-state index contributed by atoms with van der Waals surface area (Å²) in [4.78, 5) is 21.3. The maximum Gasteiger partial charge on any atom is 0.253 e. The fraction of sp³-hybridized carbons (Fsp3) is 0.143. The Labute approximate surface area is 222 Å². The highest BCUT2D eigenvalue weighted by atomic mass is 35.5. The van der Waals surface area contributed by atoms with Gasteiger partial charge in [0.25, 0.3) is 5.91 Å². The average Bonchev–Trinajstić information content (AvgIpc) is 3.34. The molecule has 0 saturated carbocycles. The molecule has 3 heterocycles. The number of carbonyl (C=O) groups excluding carboxylic acids is 1. The van der Waals surface area contributed by atoms with Gasteiger partial charge >= 0.3 is 0 Å². The Bertz CT molecular complexity index is 1640. The van der Waals surface area contributed by atoms with Crippen LogP contribution in [0.4, 0.5) is 8.78 Å². The summed E-state index contributed by atoms with van der Waals surface area (Å²) >= 11 is 6.44. The Balaban J connectivity index is 1.46. The number of pyridine rings is 2. The van der Waals surface area contributed by atoms with E-state index < -0.39 is 17.7 Å². The summed E-state index contributed by atoms with van der Waals surface area (Å²) in [7, 11) is 0. The molecule has 0 saturated heterocycles. The van der Waals surface area contributed by atoms with Crippen molar-refractivity contribution in [3.63, 3.8) is 0 Å². The molecule has 0 unspecified atom stereocenters. The molecule has 0 aliphatic carbocycles. The first-order chi connectivity index (χ1) is 18.3. The molecular formula is C28H22ClF2N5O2. The first-order valence-electron chi connectivity index (χ1n) is 11.7. The van der Waals surface area contributed by atoms with E-state index in [1.54, 1.807) is 43.5 Å². The normalized spacial score (nSPS) is 11.9. The molecule has 10 heteroatoms. The Hall–Kier alpha value is -4.37. The molecule has 0 fully saturated rings. The molecule has 1 amide bonds. The molecule has 1 N–H and O–H groups in total. The van der Waals surface area contributed by atoms with Crippen LogP contribution in [0.15, 0.2) is 73.3 Å². The average molecular weight is 534 g/mol. The molecular weight excluding hydrogens is 512 g/mol. The van der Waals surface area contributed by atoms with Crippen LogP contribution in [0.5, 0.6) is 5.75 Å². The van der Waals surface area contributed by atoms with Gasteiger partial charge in [0.05, 0.1) is 34.7 Å². The zero-order chi connectivity index (χ0) is 26.8. The van der Waals surface area contributed by atoms with Gasteiger partial charge in [-0.2, -0.15) is 5.10 Å². The molecule has 0 aliphatic heterocycles. The monoisotopic (exact) mass is 533 g/mol. The van der Waals surface area contributed by atoms with Crippen molar-refractivity contribution < 1.29 is 18.3 Å². The van der Waals surface area contributed by atoms with Gasteiger partial charge in [0.15, 0.2) is 5.82 Å². The summed E-state index contributed by atoms with van der Waals surface area (Å²) in [6, 6.07) is 12.4. The third kappa shape index (κ3) is 5.19. The third-order valence-electron chi connectivity index (χ3n) is 6.01. The van der Waals surface area contributed by atoms with E-state index in [4.69, 9.17) is 16.3 Å². The number of hydrogen-bond donors (Lipinski definition) is 1. The number of para-hydroxylation sites is 1. The van der Waals surface area contributed by atoms with E-state index in [2.05, 4.69) is 20.4 Å². The third-order valence-corrected chi connectivity index (χ3v) is 6.35. The van der Waals surface area contributed by atoms with Crippen LogP contribution in [0.1, 0.15) is 40.1 Å². The number of carbonyl (C=O) groups is 1. The largest absolute Gasteiger partial charge is 0.487 e. The highest BCUT2D eigenvalue weighted by Gasteiger charge is 2.20. The van der Waals surface area contributed by atoms with Crippen molar-refractivity contribution >= 4 is 28.4 Å². The van der Waals surface area contributed by atoms with Gasteiger partial charge in [-0.3, -0.25) is 9.78 Å². The molecule has 2 aromatic carbocycles. The molecule has 7 nitrogen and oxygen atoms in total. The Morgan fingerprint density at radius 2 is 1.97 bits per heavy atom. The molecule has 0 radical (unpaired) electrons. The van der Waals surface area contributed by atoms with Crippen LogP contribution < -0.4 is 10.1 Å². The number of nitrogens with one attached hydrogen (secondary N) is 1. The standard InChI is InChI=1S/C28H22ClF2N5O2/c1-16-9-25(36-14-20(31)13-33-36)21-6-3-7-26(27(21)34-16)38-15-23-22(10-19(30)11-24(23)29)17(2)35-28(37)18-5-4-8-32-12-18/h3-14,17H,15H2,1-2H3,(H,35,37)/t17-/m0/s1. The number of aromatic nitrogens is 4. The smallest absolute Gasteiger partial charge is 0.253 e. The number of benzene rings is 2. The van der Waals surface area contributed by atoms with Gasteiger partial charge in [0.1, 0.15) is 23.7 Å². The van der Waals surface area contributed by atoms with Gasteiger partial charge in [-0.25, -0.2) is 18.4 Å². The van der Waals surface area contributed by atoms with E-state index in [9.17, 15) is 13.6 Å². The van der Waals surface area contributed by atoms with Crippen molar-refractivity contribution in [2.45, 2.75) is 26.5 Å². The zero-order valence-electron chi connectivity index (χ0n) is 20.5. The lowest BCUT2D eigenvalue weighted by atomic mass is 10.0. The van der Waals surface area contributed by atoms with E-state index in [1.165, 1.54) is 29.2 Å². The summed E-state index contributed by atoms with van der Waals surface area (Å²) in [5.74, 6) is -0.884. The number of nitrogens with zero attached hydrogens (tertiary/aromatic N) is 4. The maximum atomic E-state index is 14.4.